The Hall–Kier alpha value is -4.26. The third-order valence-corrected chi connectivity index (χ3v) is 5.40. The number of benzene rings is 3. The maximum absolute atomic E-state index is 11.9. The summed E-state index contributed by atoms with van der Waals surface area (Å²) in [4.78, 5) is 13.2. The molecule has 0 spiro atoms. The number of aromatic nitrogens is 4. The molecule has 0 N–H and O–H groups in total. The molecular weight excluding hydrogens is 452 g/mol. The van der Waals surface area contributed by atoms with Crippen LogP contribution < -0.4 is 4.74 Å². The Morgan fingerprint density at radius 2 is 1.67 bits per heavy atom. The zero-order valence-electron chi connectivity index (χ0n) is 20.8. The fourth-order valence-electron chi connectivity index (χ4n) is 3.36. The van der Waals surface area contributed by atoms with Crippen molar-refractivity contribution in [2.75, 3.05) is 0 Å². The number of allylic oxidation sites excluding steroid dienone is 1. The number of hydrogen-bond acceptors (Lipinski definition) is 6. The topological polar surface area (TPSA) is 79.1 Å². The summed E-state index contributed by atoms with van der Waals surface area (Å²) in [5.74, 6) is 1.05. The number of esters is 1. The van der Waals surface area contributed by atoms with Crippen LogP contribution in [-0.4, -0.2) is 26.2 Å². The molecule has 0 amide bonds. The van der Waals surface area contributed by atoms with Gasteiger partial charge in [-0.2, -0.15) is 0 Å². The molecule has 0 aliphatic heterocycles. The minimum Gasteiger partial charge on any atom is -0.489 e. The number of carbonyl (C=O) groups is 1. The van der Waals surface area contributed by atoms with Gasteiger partial charge in [0.05, 0.1) is 5.41 Å². The third kappa shape index (κ3) is 6.88. The molecule has 0 saturated carbocycles. The quantitative estimate of drug-likeness (QED) is 0.284. The van der Waals surface area contributed by atoms with Gasteiger partial charge in [0.1, 0.15) is 12.4 Å². The summed E-state index contributed by atoms with van der Waals surface area (Å²) in [7, 11) is 0. The maximum atomic E-state index is 11.9. The van der Waals surface area contributed by atoms with Crippen LogP contribution in [0.25, 0.3) is 17.5 Å². The van der Waals surface area contributed by atoms with Crippen LogP contribution in [0, 0.1) is 5.41 Å². The Balaban J connectivity index is 1.33. The molecule has 4 rings (SSSR count). The Bertz CT molecular complexity index is 1310. The average Bonchev–Trinajstić information content (AvgIpc) is 3.36. The van der Waals surface area contributed by atoms with Crippen LogP contribution in [0.2, 0.25) is 0 Å². The number of ether oxygens (including phenoxy) is 2. The monoisotopic (exact) mass is 482 g/mol. The van der Waals surface area contributed by atoms with Gasteiger partial charge in [0.2, 0.25) is 12.6 Å². The van der Waals surface area contributed by atoms with E-state index in [2.05, 4.69) is 45.8 Å². The summed E-state index contributed by atoms with van der Waals surface area (Å²) in [6.45, 7) is 5.86. The van der Waals surface area contributed by atoms with Gasteiger partial charge < -0.3 is 9.47 Å². The largest absolute Gasteiger partial charge is 0.489 e. The molecule has 0 saturated heterocycles. The lowest BCUT2D eigenvalue weighted by Gasteiger charge is -2.15. The highest BCUT2D eigenvalue weighted by Gasteiger charge is 2.23. The molecule has 1 heterocycles. The molecule has 4 aromatic rings. The molecule has 0 fully saturated rings. The first-order valence-corrected chi connectivity index (χ1v) is 11.8. The Kier molecular flexibility index (Phi) is 7.90. The third-order valence-electron chi connectivity index (χ3n) is 5.40. The van der Waals surface area contributed by atoms with E-state index in [4.69, 9.17) is 9.47 Å². The molecule has 36 heavy (non-hydrogen) atoms. The van der Waals surface area contributed by atoms with Crippen LogP contribution >= 0.6 is 0 Å². The molecule has 3 aromatic carbocycles. The number of nitrogens with zero attached hydrogens (tertiary/aromatic N) is 4. The first-order chi connectivity index (χ1) is 17.4. The molecule has 0 atom stereocenters. The summed E-state index contributed by atoms with van der Waals surface area (Å²) in [6.07, 6.45) is 4.96. The van der Waals surface area contributed by atoms with Crippen LogP contribution in [0.4, 0.5) is 0 Å². The lowest BCUT2D eigenvalue weighted by Crippen LogP contribution is -2.24. The summed E-state index contributed by atoms with van der Waals surface area (Å²) >= 11 is 0. The van der Waals surface area contributed by atoms with E-state index < -0.39 is 5.41 Å². The van der Waals surface area contributed by atoms with Crippen molar-refractivity contribution < 1.29 is 14.3 Å². The zero-order chi connectivity index (χ0) is 25.4. The normalized spacial score (nSPS) is 11.5. The van der Waals surface area contributed by atoms with E-state index in [0.717, 1.165) is 34.4 Å². The van der Waals surface area contributed by atoms with E-state index in [-0.39, 0.29) is 12.7 Å². The first kappa shape index (κ1) is 24.9. The number of hydrogen-bond donors (Lipinski definition) is 0. The predicted octanol–water partition coefficient (Wildman–Crippen LogP) is 5.72. The van der Waals surface area contributed by atoms with Crippen molar-refractivity contribution in [3.05, 3.63) is 102 Å². The highest BCUT2D eigenvalue weighted by molar-refractivity contribution is 5.75. The summed E-state index contributed by atoms with van der Waals surface area (Å²) in [5, 5.41) is 12.3. The maximum Gasteiger partial charge on any atom is 0.313 e. The molecule has 0 aliphatic rings. The second kappa shape index (κ2) is 11.4. The van der Waals surface area contributed by atoms with Crippen LogP contribution in [0.3, 0.4) is 0 Å². The van der Waals surface area contributed by atoms with E-state index in [9.17, 15) is 4.79 Å². The minimum atomic E-state index is -0.579. The van der Waals surface area contributed by atoms with Crippen molar-refractivity contribution in [1.29, 1.82) is 0 Å². The standard InChI is InChI=1S/C29H30N4O3/c1-29(2,3)28(34)36-21-33-31-27(30-32-33)25-18-16-22(17-19-25)12-9-14-24-13-7-8-15-26(24)35-20-23-10-5-4-6-11-23/h4-13,15-19H,14,20-21H2,1-3H3. The lowest BCUT2D eigenvalue weighted by atomic mass is 9.98. The van der Waals surface area contributed by atoms with Gasteiger partial charge in [0, 0.05) is 5.56 Å². The first-order valence-electron chi connectivity index (χ1n) is 11.8. The predicted molar refractivity (Wildman–Crippen MR) is 139 cm³/mol. The van der Waals surface area contributed by atoms with Crippen molar-refractivity contribution >= 4 is 12.0 Å². The van der Waals surface area contributed by atoms with Crippen LogP contribution in [-0.2, 0) is 29.3 Å². The van der Waals surface area contributed by atoms with Crippen LogP contribution in [0.15, 0.2) is 84.9 Å². The van der Waals surface area contributed by atoms with Gasteiger partial charge in [-0.05, 0) is 55.2 Å². The van der Waals surface area contributed by atoms with Gasteiger partial charge in [-0.25, -0.2) is 0 Å². The molecule has 0 unspecified atom stereocenters. The van der Waals surface area contributed by atoms with Crippen LogP contribution in [0.1, 0.15) is 37.5 Å². The van der Waals surface area contributed by atoms with Crippen molar-refractivity contribution in [2.24, 2.45) is 5.41 Å². The van der Waals surface area contributed by atoms with Gasteiger partial charge in [0.15, 0.2) is 0 Å². The Morgan fingerprint density at radius 1 is 0.944 bits per heavy atom. The number of tetrazole rings is 1. The zero-order valence-corrected chi connectivity index (χ0v) is 20.8. The van der Waals surface area contributed by atoms with E-state index in [0.29, 0.717) is 12.4 Å². The van der Waals surface area contributed by atoms with E-state index in [1.165, 1.54) is 4.80 Å². The molecule has 184 valence electrons. The SMILES string of the molecule is CC(C)(C)C(=O)OCn1nnc(-c2ccc(C=CCc3ccccc3OCc3ccccc3)cc2)n1. The Labute approximate surface area is 211 Å². The number of para-hydroxylation sites is 1. The summed E-state index contributed by atoms with van der Waals surface area (Å²) < 4.78 is 11.3. The van der Waals surface area contributed by atoms with E-state index in [1.54, 1.807) is 20.8 Å². The van der Waals surface area contributed by atoms with Gasteiger partial charge in [-0.1, -0.05) is 84.9 Å². The molecule has 1 aromatic heterocycles. The van der Waals surface area contributed by atoms with E-state index >= 15 is 0 Å². The Morgan fingerprint density at radius 3 is 2.42 bits per heavy atom. The van der Waals surface area contributed by atoms with Crippen molar-refractivity contribution in [3.63, 3.8) is 0 Å². The minimum absolute atomic E-state index is 0.0690. The van der Waals surface area contributed by atoms with Crippen molar-refractivity contribution in [1.82, 2.24) is 20.2 Å². The van der Waals surface area contributed by atoms with Gasteiger partial charge in [0.25, 0.3) is 0 Å². The smallest absolute Gasteiger partial charge is 0.313 e. The second-order valence-corrected chi connectivity index (χ2v) is 9.41. The number of carbonyl (C=O) groups excluding carboxylic acids is 1. The highest BCUT2D eigenvalue weighted by atomic mass is 16.5. The number of rotatable bonds is 9. The molecule has 0 aliphatic carbocycles. The van der Waals surface area contributed by atoms with E-state index in [1.807, 2.05) is 60.7 Å². The van der Waals surface area contributed by atoms with Crippen LogP contribution in [0.5, 0.6) is 5.75 Å². The van der Waals surface area contributed by atoms with Crippen molar-refractivity contribution in [3.8, 4) is 17.1 Å². The fourth-order valence-corrected chi connectivity index (χ4v) is 3.36. The molecule has 7 heteroatoms. The highest BCUT2D eigenvalue weighted by Crippen LogP contribution is 2.21. The average molecular weight is 483 g/mol. The summed E-state index contributed by atoms with van der Waals surface area (Å²) in [6, 6.07) is 26.2. The van der Waals surface area contributed by atoms with Gasteiger partial charge >= 0.3 is 5.97 Å². The van der Waals surface area contributed by atoms with Gasteiger partial charge in [-0.3, -0.25) is 4.79 Å². The lowest BCUT2D eigenvalue weighted by molar-refractivity contribution is -0.157. The molecule has 7 nitrogen and oxygen atoms in total. The summed E-state index contributed by atoms with van der Waals surface area (Å²) in [5.41, 5.74) is 3.59. The van der Waals surface area contributed by atoms with Crippen molar-refractivity contribution in [2.45, 2.75) is 40.5 Å². The molecule has 0 radical (unpaired) electrons. The fraction of sp³-hybridized carbons (Fsp3) is 0.241. The molecular formula is C29H30N4O3. The second-order valence-electron chi connectivity index (χ2n) is 9.41. The van der Waals surface area contributed by atoms with Gasteiger partial charge in [-0.15, -0.1) is 15.0 Å². The molecule has 0 bridgehead atoms.